The lowest BCUT2D eigenvalue weighted by Crippen LogP contribution is -2.50. The maximum absolute atomic E-state index is 11.3. The van der Waals surface area contributed by atoms with E-state index in [-0.39, 0.29) is 5.92 Å². The van der Waals surface area contributed by atoms with Crippen molar-refractivity contribution in [2.24, 2.45) is 5.92 Å². The summed E-state index contributed by atoms with van der Waals surface area (Å²) in [6.07, 6.45) is 0. The molecule has 0 aliphatic heterocycles. The minimum absolute atomic E-state index is 0.124. The molecule has 0 radical (unpaired) electrons. The summed E-state index contributed by atoms with van der Waals surface area (Å²) in [5.74, 6) is -1.77. The van der Waals surface area contributed by atoms with Gasteiger partial charge in [-0.1, -0.05) is 13.8 Å². The Morgan fingerprint density at radius 1 is 1.21 bits per heavy atom. The molecule has 0 fully saturated rings. The summed E-state index contributed by atoms with van der Waals surface area (Å²) in [4.78, 5) is 21.8. The second-order valence-electron chi connectivity index (χ2n) is 3.42. The molecular formula is C8H16N2O4. The van der Waals surface area contributed by atoms with E-state index in [0.29, 0.717) is 0 Å². The molecule has 0 aliphatic rings. The summed E-state index contributed by atoms with van der Waals surface area (Å²) in [6.45, 7) is 4.83. The molecule has 1 amide bonds. The number of carboxylic acids is 1. The molecule has 0 aromatic heterocycles. The van der Waals surface area contributed by atoms with E-state index in [9.17, 15) is 9.59 Å². The van der Waals surface area contributed by atoms with Crippen molar-refractivity contribution in [1.82, 2.24) is 10.8 Å². The fraction of sp³-hybridized carbons (Fsp3) is 0.750. The second-order valence-corrected chi connectivity index (χ2v) is 3.42. The van der Waals surface area contributed by atoms with Crippen molar-refractivity contribution in [3.8, 4) is 0 Å². The van der Waals surface area contributed by atoms with Crippen molar-refractivity contribution < 1.29 is 19.9 Å². The van der Waals surface area contributed by atoms with Gasteiger partial charge in [0.15, 0.2) is 0 Å². The van der Waals surface area contributed by atoms with Crippen molar-refractivity contribution in [3.05, 3.63) is 0 Å². The summed E-state index contributed by atoms with van der Waals surface area (Å²) in [5.41, 5.74) is 1.84. The van der Waals surface area contributed by atoms with Gasteiger partial charge in [-0.15, -0.1) is 0 Å². The van der Waals surface area contributed by atoms with Crippen molar-refractivity contribution in [3.63, 3.8) is 0 Å². The highest BCUT2D eigenvalue weighted by molar-refractivity contribution is 5.86. The molecule has 0 heterocycles. The molecule has 0 aliphatic carbocycles. The first kappa shape index (κ1) is 12.9. The van der Waals surface area contributed by atoms with Crippen LogP contribution in [-0.4, -0.2) is 34.3 Å². The molecule has 6 heteroatoms. The molecule has 14 heavy (non-hydrogen) atoms. The van der Waals surface area contributed by atoms with Crippen LogP contribution in [0.2, 0.25) is 0 Å². The topological polar surface area (TPSA) is 98.7 Å². The number of carbonyl (C=O) groups excluding carboxylic acids is 1. The molecule has 4 N–H and O–H groups in total. The van der Waals surface area contributed by atoms with Gasteiger partial charge in [0.2, 0.25) is 5.91 Å². The standard InChI is InChI=1S/C8H16N2O4/c1-4(2)6(10-14)7(11)9-5(3)8(12)13/h4-6,10,14H,1-3H3,(H,9,11)(H,12,13)/t5-,6-/m0/s1. The number of amides is 1. The van der Waals surface area contributed by atoms with E-state index in [1.807, 2.05) is 5.48 Å². The molecule has 0 aromatic carbocycles. The van der Waals surface area contributed by atoms with Gasteiger partial charge in [-0.3, -0.25) is 9.59 Å². The lowest BCUT2D eigenvalue weighted by molar-refractivity contribution is -0.142. The van der Waals surface area contributed by atoms with Gasteiger partial charge in [-0.2, -0.15) is 5.48 Å². The number of nitrogens with one attached hydrogen (secondary N) is 2. The van der Waals surface area contributed by atoms with E-state index in [1.165, 1.54) is 6.92 Å². The summed E-state index contributed by atoms with van der Waals surface area (Å²) in [6, 6.07) is -1.76. The molecule has 0 bridgehead atoms. The van der Waals surface area contributed by atoms with Crippen LogP contribution in [0.25, 0.3) is 0 Å². The average Bonchev–Trinajstić information content (AvgIpc) is 2.04. The van der Waals surface area contributed by atoms with E-state index >= 15 is 0 Å². The Bertz CT molecular complexity index is 217. The van der Waals surface area contributed by atoms with Gasteiger partial charge < -0.3 is 15.6 Å². The van der Waals surface area contributed by atoms with Crippen LogP contribution in [0.15, 0.2) is 0 Å². The molecule has 0 aromatic rings. The number of carbonyl (C=O) groups is 2. The van der Waals surface area contributed by atoms with Gasteiger partial charge in [0.05, 0.1) is 0 Å². The highest BCUT2D eigenvalue weighted by Crippen LogP contribution is 2.01. The molecule has 6 nitrogen and oxygen atoms in total. The molecule has 0 rings (SSSR count). The van der Waals surface area contributed by atoms with Gasteiger partial charge in [0.1, 0.15) is 12.1 Å². The zero-order valence-electron chi connectivity index (χ0n) is 8.44. The van der Waals surface area contributed by atoms with Gasteiger partial charge >= 0.3 is 5.97 Å². The first-order valence-electron chi connectivity index (χ1n) is 4.33. The molecule has 0 spiro atoms. The lowest BCUT2D eigenvalue weighted by atomic mass is 10.0. The van der Waals surface area contributed by atoms with Gasteiger partial charge in [-0.25, -0.2) is 0 Å². The molecular weight excluding hydrogens is 188 g/mol. The van der Waals surface area contributed by atoms with Crippen LogP contribution in [0.4, 0.5) is 0 Å². The van der Waals surface area contributed by atoms with Crippen LogP contribution in [0.3, 0.4) is 0 Å². The van der Waals surface area contributed by atoms with Crippen LogP contribution in [-0.2, 0) is 9.59 Å². The third-order valence-corrected chi connectivity index (χ3v) is 1.82. The van der Waals surface area contributed by atoms with E-state index in [0.717, 1.165) is 0 Å². The van der Waals surface area contributed by atoms with Crippen LogP contribution in [0, 0.1) is 5.92 Å². The summed E-state index contributed by atoms with van der Waals surface area (Å²) in [7, 11) is 0. The number of hydrogen-bond donors (Lipinski definition) is 4. The Kier molecular flexibility index (Phi) is 5.11. The van der Waals surface area contributed by atoms with E-state index < -0.39 is 24.0 Å². The zero-order chi connectivity index (χ0) is 11.3. The lowest BCUT2D eigenvalue weighted by Gasteiger charge is -2.19. The van der Waals surface area contributed by atoms with Crippen molar-refractivity contribution in [2.45, 2.75) is 32.9 Å². The number of aliphatic carboxylic acids is 1. The molecule has 0 saturated heterocycles. The van der Waals surface area contributed by atoms with Crippen molar-refractivity contribution in [2.75, 3.05) is 0 Å². The SMILES string of the molecule is CC(C)[C@H](NO)C(=O)N[C@@H](C)C(=O)O. The average molecular weight is 204 g/mol. The van der Waals surface area contributed by atoms with E-state index in [2.05, 4.69) is 5.32 Å². The number of hydroxylamine groups is 1. The Morgan fingerprint density at radius 2 is 1.71 bits per heavy atom. The number of hydrogen-bond acceptors (Lipinski definition) is 4. The zero-order valence-corrected chi connectivity index (χ0v) is 8.44. The number of carboxylic acid groups (broad SMARTS) is 1. The Hall–Kier alpha value is -1.14. The largest absolute Gasteiger partial charge is 0.480 e. The molecule has 0 unspecified atom stereocenters. The predicted octanol–water partition coefficient (Wildman–Crippen LogP) is -0.421. The molecule has 0 saturated carbocycles. The minimum Gasteiger partial charge on any atom is -0.480 e. The first-order valence-corrected chi connectivity index (χ1v) is 4.33. The van der Waals surface area contributed by atoms with Gasteiger partial charge in [-0.05, 0) is 12.8 Å². The third-order valence-electron chi connectivity index (χ3n) is 1.82. The second kappa shape index (κ2) is 5.56. The Labute approximate surface area is 82.3 Å². The van der Waals surface area contributed by atoms with Crippen LogP contribution in [0.5, 0.6) is 0 Å². The maximum atomic E-state index is 11.3. The fourth-order valence-electron chi connectivity index (χ4n) is 0.875. The van der Waals surface area contributed by atoms with Crippen molar-refractivity contribution >= 4 is 11.9 Å². The van der Waals surface area contributed by atoms with Crippen LogP contribution in [0.1, 0.15) is 20.8 Å². The fourth-order valence-corrected chi connectivity index (χ4v) is 0.875. The number of rotatable bonds is 5. The van der Waals surface area contributed by atoms with Gasteiger partial charge in [0, 0.05) is 0 Å². The Balaban J connectivity index is 4.24. The normalized spacial score (nSPS) is 14.9. The van der Waals surface area contributed by atoms with Gasteiger partial charge in [0.25, 0.3) is 0 Å². The van der Waals surface area contributed by atoms with E-state index in [1.54, 1.807) is 13.8 Å². The van der Waals surface area contributed by atoms with Crippen LogP contribution < -0.4 is 10.8 Å². The monoisotopic (exact) mass is 204 g/mol. The minimum atomic E-state index is -1.11. The molecule has 2 atom stereocenters. The predicted molar refractivity (Wildman–Crippen MR) is 48.8 cm³/mol. The maximum Gasteiger partial charge on any atom is 0.325 e. The Morgan fingerprint density at radius 3 is 2.00 bits per heavy atom. The summed E-state index contributed by atoms with van der Waals surface area (Å²) >= 11 is 0. The first-order chi connectivity index (χ1) is 6.40. The van der Waals surface area contributed by atoms with E-state index in [4.69, 9.17) is 10.3 Å². The quantitative estimate of drug-likeness (QED) is 0.456. The van der Waals surface area contributed by atoms with Crippen molar-refractivity contribution in [1.29, 1.82) is 0 Å². The highest BCUT2D eigenvalue weighted by atomic mass is 16.5. The molecule has 82 valence electrons. The summed E-state index contributed by atoms with van der Waals surface area (Å²) in [5, 5.41) is 19.4. The third kappa shape index (κ3) is 3.71. The highest BCUT2D eigenvalue weighted by Gasteiger charge is 2.24. The smallest absolute Gasteiger partial charge is 0.325 e. The summed E-state index contributed by atoms with van der Waals surface area (Å²) < 4.78 is 0. The van der Waals surface area contributed by atoms with Crippen LogP contribution >= 0.6 is 0 Å².